The van der Waals surface area contributed by atoms with Gasteiger partial charge in [-0.25, -0.2) is 0 Å². The minimum atomic E-state index is 0.213. The highest BCUT2D eigenvalue weighted by atomic mass is 14.9. The molecular weight excluding hydrogens is 218 g/mol. The normalized spacial score (nSPS) is 18.4. The smallest absolute Gasteiger partial charge is 0.00967 e. The summed E-state index contributed by atoms with van der Waals surface area (Å²) in [7, 11) is 0. The van der Waals surface area contributed by atoms with Gasteiger partial charge in [-0.1, -0.05) is 30.7 Å². The SMILES string of the molecule is Cc1ccccc1C(CNC(C)(C)C)C1CCC1. The van der Waals surface area contributed by atoms with E-state index >= 15 is 0 Å². The van der Waals surface area contributed by atoms with Gasteiger partial charge in [0.1, 0.15) is 0 Å². The van der Waals surface area contributed by atoms with Crippen LogP contribution >= 0.6 is 0 Å². The molecule has 1 saturated carbocycles. The largest absolute Gasteiger partial charge is 0.311 e. The van der Waals surface area contributed by atoms with Crippen molar-refractivity contribution in [1.82, 2.24) is 5.32 Å². The Morgan fingerprint density at radius 1 is 1.22 bits per heavy atom. The molecule has 0 radical (unpaired) electrons. The summed E-state index contributed by atoms with van der Waals surface area (Å²) >= 11 is 0. The predicted octanol–water partition coefficient (Wildman–Crippen LogP) is 4.27. The van der Waals surface area contributed by atoms with Crippen molar-refractivity contribution < 1.29 is 0 Å². The second kappa shape index (κ2) is 5.44. The summed E-state index contributed by atoms with van der Waals surface area (Å²) in [5.74, 6) is 1.58. The standard InChI is InChI=1S/C17H27N/c1-13-8-5-6-11-15(13)16(14-9-7-10-14)12-18-17(2,3)4/h5-6,8,11,14,16,18H,7,9-10,12H2,1-4H3. The number of hydrogen-bond donors (Lipinski definition) is 1. The fraction of sp³-hybridized carbons (Fsp3) is 0.647. The van der Waals surface area contributed by atoms with Crippen LogP contribution in [0.3, 0.4) is 0 Å². The van der Waals surface area contributed by atoms with Crippen LogP contribution in [0.4, 0.5) is 0 Å². The van der Waals surface area contributed by atoms with E-state index in [4.69, 9.17) is 0 Å². The molecule has 1 N–H and O–H groups in total. The summed E-state index contributed by atoms with van der Waals surface area (Å²) < 4.78 is 0. The lowest BCUT2D eigenvalue weighted by atomic mass is 9.72. The molecule has 1 aliphatic carbocycles. The van der Waals surface area contributed by atoms with Crippen LogP contribution in [0.25, 0.3) is 0 Å². The van der Waals surface area contributed by atoms with Crippen molar-refractivity contribution in [2.75, 3.05) is 6.54 Å². The third-order valence-electron chi connectivity index (χ3n) is 4.16. The molecule has 1 atom stereocenters. The quantitative estimate of drug-likeness (QED) is 0.835. The van der Waals surface area contributed by atoms with Crippen molar-refractivity contribution in [3.8, 4) is 0 Å². The van der Waals surface area contributed by atoms with Crippen molar-refractivity contribution in [3.05, 3.63) is 35.4 Å². The van der Waals surface area contributed by atoms with Crippen LogP contribution in [0, 0.1) is 12.8 Å². The minimum Gasteiger partial charge on any atom is -0.311 e. The molecular formula is C17H27N. The van der Waals surface area contributed by atoms with E-state index in [1.165, 1.54) is 24.8 Å². The van der Waals surface area contributed by atoms with Crippen molar-refractivity contribution in [2.24, 2.45) is 5.92 Å². The molecule has 0 bridgehead atoms. The molecule has 100 valence electrons. The van der Waals surface area contributed by atoms with Crippen LogP contribution in [0.2, 0.25) is 0 Å². The van der Waals surface area contributed by atoms with Gasteiger partial charge in [0.2, 0.25) is 0 Å². The Labute approximate surface area is 112 Å². The summed E-state index contributed by atoms with van der Waals surface area (Å²) in [6.45, 7) is 10.1. The molecule has 1 nitrogen and oxygen atoms in total. The van der Waals surface area contributed by atoms with Crippen molar-refractivity contribution in [1.29, 1.82) is 0 Å². The summed E-state index contributed by atoms with van der Waals surface area (Å²) in [5.41, 5.74) is 3.22. The number of hydrogen-bond acceptors (Lipinski definition) is 1. The fourth-order valence-electron chi connectivity index (χ4n) is 2.79. The van der Waals surface area contributed by atoms with Gasteiger partial charge in [-0.3, -0.25) is 0 Å². The van der Waals surface area contributed by atoms with E-state index in [9.17, 15) is 0 Å². The molecule has 0 heterocycles. The topological polar surface area (TPSA) is 12.0 Å². The Balaban J connectivity index is 2.12. The zero-order valence-corrected chi connectivity index (χ0v) is 12.3. The molecule has 0 aliphatic heterocycles. The average molecular weight is 245 g/mol. The van der Waals surface area contributed by atoms with E-state index in [2.05, 4.69) is 57.3 Å². The third kappa shape index (κ3) is 3.35. The molecule has 18 heavy (non-hydrogen) atoms. The van der Waals surface area contributed by atoms with E-state index in [0.717, 1.165) is 12.5 Å². The van der Waals surface area contributed by atoms with Gasteiger partial charge in [-0.2, -0.15) is 0 Å². The molecule has 1 aromatic carbocycles. The van der Waals surface area contributed by atoms with Crippen molar-refractivity contribution in [2.45, 2.75) is 58.4 Å². The molecule has 0 spiro atoms. The second-order valence-corrected chi connectivity index (χ2v) is 6.78. The Hall–Kier alpha value is -0.820. The monoisotopic (exact) mass is 245 g/mol. The maximum atomic E-state index is 3.70. The minimum absolute atomic E-state index is 0.213. The Morgan fingerprint density at radius 3 is 2.39 bits per heavy atom. The second-order valence-electron chi connectivity index (χ2n) is 6.78. The first-order valence-corrected chi connectivity index (χ1v) is 7.28. The number of benzene rings is 1. The van der Waals surface area contributed by atoms with Gasteiger partial charge in [-0.15, -0.1) is 0 Å². The maximum Gasteiger partial charge on any atom is 0.00967 e. The van der Waals surface area contributed by atoms with Gasteiger partial charge in [0, 0.05) is 12.1 Å². The van der Waals surface area contributed by atoms with Gasteiger partial charge < -0.3 is 5.32 Å². The molecule has 1 unspecified atom stereocenters. The van der Waals surface area contributed by atoms with E-state index < -0.39 is 0 Å². The summed E-state index contributed by atoms with van der Waals surface area (Å²) in [6, 6.07) is 8.90. The van der Waals surface area contributed by atoms with Crippen LogP contribution in [0.15, 0.2) is 24.3 Å². The van der Waals surface area contributed by atoms with Crippen molar-refractivity contribution in [3.63, 3.8) is 0 Å². The molecule has 1 aromatic rings. The maximum absolute atomic E-state index is 3.70. The number of nitrogens with one attached hydrogen (secondary N) is 1. The first kappa shape index (κ1) is 13.6. The summed E-state index contributed by atoms with van der Waals surface area (Å²) in [5, 5.41) is 3.70. The van der Waals surface area contributed by atoms with E-state index in [0.29, 0.717) is 5.92 Å². The van der Waals surface area contributed by atoms with E-state index in [1.54, 1.807) is 5.56 Å². The van der Waals surface area contributed by atoms with Gasteiger partial charge in [0.05, 0.1) is 0 Å². The molecule has 1 heteroatoms. The zero-order valence-electron chi connectivity index (χ0n) is 12.3. The van der Waals surface area contributed by atoms with Crippen LogP contribution in [0.1, 0.15) is 57.1 Å². The molecule has 1 fully saturated rings. The fourth-order valence-corrected chi connectivity index (χ4v) is 2.79. The van der Waals surface area contributed by atoms with Gasteiger partial charge >= 0.3 is 0 Å². The highest BCUT2D eigenvalue weighted by Gasteiger charge is 2.29. The molecule has 0 saturated heterocycles. The Bertz CT molecular complexity index is 385. The van der Waals surface area contributed by atoms with Gasteiger partial charge in [-0.05, 0) is 63.5 Å². The first-order valence-electron chi connectivity index (χ1n) is 7.28. The molecule has 1 aliphatic rings. The number of rotatable bonds is 4. The van der Waals surface area contributed by atoms with Crippen LogP contribution < -0.4 is 5.32 Å². The Kier molecular flexibility index (Phi) is 4.11. The third-order valence-corrected chi connectivity index (χ3v) is 4.16. The zero-order chi connectivity index (χ0) is 13.2. The highest BCUT2D eigenvalue weighted by molar-refractivity contribution is 5.30. The number of aryl methyl sites for hydroxylation is 1. The van der Waals surface area contributed by atoms with Gasteiger partial charge in [0.25, 0.3) is 0 Å². The van der Waals surface area contributed by atoms with Gasteiger partial charge in [0.15, 0.2) is 0 Å². The summed E-state index contributed by atoms with van der Waals surface area (Å²) in [4.78, 5) is 0. The van der Waals surface area contributed by atoms with E-state index in [-0.39, 0.29) is 5.54 Å². The van der Waals surface area contributed by atoms with Crippen molar-refractivity contribution >= 4 is 0 Å². The molecule has 2 rings (SSSR count). The van der Waals surface area contributed by atoms with E-state index in [1.807, 2.05) is 0 Å². The highest BCUT2D eigenvalue weighted by Crippen LogP contribution is 2.40. The first-order chi connectivity index (χ1) is 8.47. The lowest BCUT2D eigenvalue weighted by Gasteiger charge is -2.37. The molecule has 0 aromatic heterocycles. The lowest BCUT2D eigenvalue weighted by molar-refractivity contribution is 0.242. The van der Waals surface area contributed by atoms with Crippen LogP contribution in [0.5, 0.6) is 0 Å². The molecule has 0 amide bonds. The van der Waals surface area contributed by atoms with Crippen LogP contribution in [-0.2, 0) is 0 Å². The summed E-state index contributed by atoms with van der Waals surface area (Å²) in [6.07, 6.45) is 4.23. The lowest BCUT2D eigenvalue weighted by Crippen LogP contribution is -2.41. The predicted molar refractivity (Wildman–Crippen MR) is 79.0 cm³/mol. The van der Waals surface area contributed by atoms with Crippen LogP contribution in [-0.4, -0.2) is 12.1 Å². The Morgan fingerprint density at radius 2 is 1.89 bits per heavy atom. The average Bonchev–Trinajstić information content (AvgIpc) is 2.21.